The number of sulfonamides is 1. The van der Waals surface area contributed by atoms with Crippen molar-refractivity contribution in [3.63, 3.8) is 0 Å². The van der Waals surface area contributed by atoms with Crippen LogP contribution >= 0.6 is 0 Å². The van der Waals surface area contributed by atoms with Crippen LogP contribution in [0.3, 0.4) is 0 Å². The Morgan fingerprint density at radius 3 is 2.23 bits per heavy atom. The maximum atomic E-state index is 12.1. The van der Waals surface area contributed by atoms with E-state index in [0.29, 0.717) is 11.7 Å². The molecule has 118 valence electrons. The van der Waals surface area contributed by atoms with Gasteiger partial charge in [0.25, 0.3) is 10.0 Å². The van der Waals surface area contributed by atoms with E-state index in [9.17, 15) is 8.42 Å². The van der Waals surface area contributed by atoms with Gasteiger partial charge < -0.3 is 5.32 Å². The third-order valence-corrected chi connectivity index (χ3v) is 4.36. The highest BCUT2D eigenvalue weighted by Crippen LogP contribution is 2.14. The van der Waals surface area contributed by atoms with E-state index < -0.39 is 10.0 Å². The van der Waals surface area contributed by atoms with Crippen LogP contribution in [0.1, 0.15) is 20.3 Å². The molecule has 1 aromatic heterocycles. The minimum absolute atomic E-state index is 0.191. The summed E-state index contributed by atoms with van der Waals surface area (Å²) in [6.45, 7) is 5.10. The van der Waals surface area contributed by atoms with Crippen molar-refractivity contribution in [3.05, 3.63) is 42.5 Å². The quantitative estimate of drug-likeness (QED) is 0.819. The Hall–Kier alpha value is -2.15. The SMILES string of the molecule is CC(C)CCNc1ccc(NS(=O)(=O)c2ccccc2)nn1. The predicted octanol–water partition coefficient (Wildman–Crippen LogP) is 2.74. The van der Waals surface area contributed by atoms with Crippen LogP contribution in [0, 0.1) is 5.92 Å². The number of hydrogen-bond donors (Lipinski definition) is 2. The summed E-state index contributed by atoms with van der Waals surface area (Å²) < 4.78 is 26.7. The molecule has 0 saturated heterocycles. The van der Waals surface area contributed by atoms with Gasteiger partial charge in [-0.15, -0.1) is 10.2 Å². The highest BCUT2D eigenvalue weighted by molar-refractivity contribution is 7.92. The van der Waals surface area contributed by atoms with Crippen molar-refractivity contribution in [1.82, 2.24) is 10.2 Å². The lowest BCUT2D eigenvalue weighted by Crippen LogP contribution is -2.14. The fraction of sp³-hybridized carbons (Fsp3) is 0.333. The average Bonchev–Trinajstić information content (AvgIpc) is 2.49. The van der Waals surface area contributed by atoms with Gasteiger partial charge in [0.15, 0.2) is 5.82 Å². The van der Waals surface area contributed by atoms with Gasteiger partial charge in [0.05, 0.1) is 4.90 Å². The Morgan fingerprint density at radius 1 is 1.00 bits per heavy atom. The minimum atomic E-state index is -3.63. The Bertz CT molecular complexity index is 685. The van der Waals surface area contributed by atoms with Crippen molar-refractivity contribution in [2.24, 2.45) is 5.92 Å². The standard InChI is InChI=1S/C15H20N4O2S/c1-12(2)10-11-16-14-8-9-15(18-17-14)19-22(20,21)13-6-4-3-5-7-13/h3-9,12H,10-11H2,1-2H3,(H,16,17)(H,18,19). The molecule has 0 aliphatic carbocycles. The molecule has 0 amide bonds. The van der Waals surface area contributed by atoms with Crippen LogP contribution < -0.4 is 10.0 Å². The molecule has 6 nitrogen and oxygen atoms in total. The predicted molar refractivity (Wildman–Crippen MR) is 87.2 cm³/mol. The second kappa shape index (κ2) is 7.22. The smallest absolute Gasteiger partial charge is 0.263 e. The van der Waals surface area contributed by atoms with Gasteiger partial charge >= 0.3 is 0 Å². The third-order valence-electron chi connectivity index (χ3n) is 2.98. The van der Waals surface area contributed by atoms with Gasteiger partial charge in [-0.2, -0.15) is 0 Å². The van der Waals surface area contributed by atoms with Crippen LogP contribution in [-0.2, 0) is 10.0 Å². The van der Waals surface area contributed by atoms with Gasteiger partial charge in [-0.3, -0.25) is 4.72 Å². The van der Waals surface area contributed by atoms with Crippen molar-refractivity contribution in [2.75, 3.05) is 16.6 Å². The molecular weight excluding hydrogens is 300 g/mol. The van der Waals surface area contributed by atoms with Crippen LogP contribution in [0.25, 0.3) is 0 Å². The summed E-state index contributed by atoms with van der Waals surface area (Å²) in [6.07, 6.45) is 1.03. The first-order valence-corrected chi connectivity index (χ1v) is 8.61. The van der Waals surface area contributed by atoms with E-state index in [0.717, 1.165) is 13.0 Å². The average molecular weight is 320 g/mol. The first kappa shape index (κ1) is 16.2. The molecule has 0 aliphatic rings. The van der Waals surface area contributed by atoms with Gasteiger partial charge in [-0.05, 0) is 36.6 Å². The maximum Gasteiger partial charge on any atom is 0.263 e. The minimum Gasteiger partial charge on any atom is -0.369 e. The van der Waals surface area contributed by atoms with Crippen LogP contribution in [0.5, 0.6) is 0 Å². The summed E-state index contributed by atoms with van der Waals surface area (Å²) in [7, 11) is -3.63. The van der Waals surface area contributed by atoms with E-state index in [4.69, 9.17) is 0 Å². The van der Waals surface area contributed by atoms with Crippen LogP contribution in [0.2, 0.25) is 0 Å². The Labute approximate surface area is 131 Å². The summed E-state index contributed by atoms with van der Waals surface area (Å²) in [5.41, 5.74) is 0. The molecular formula is C15H20N4O2S. The Balaban J connectivity index is 1.99. The van der Waals surface area contributed by atoms with E-state index in [1.165, 1.54) is 12.1 Å². The zero-order valence-corrected chi connectivity index (χ0v) is 13.5. The number of aromatic nitrogens is 2. The molecule has 0 aliphatic heterocycles. The van der Waals surface area contributed by atoms with E-state index in [1.807, 2.05) is 0 Å². The molecule has 0 fully saturated rings. The lowest BCUT2D eigenvalue weighted by molar-refractivity contribution is 0.600. The van der Waals surface area contributed by atoms with Crippen molar-refractivity contribution < 1.29 is 8.42 Å². The van der Waals surface area contributed by atoms with Crippen molar-refractivity contribution in [2.45, 2.75) is 25.2 Å². The molecule has 0 saturated carbocycles. The fourth-order valence-corrected chi connectivity index (χ4v) is 2.78. The lowest BCUT2D eigenvalue weighted by atomic mass is 10.1. The van der Waals surface area contributed by atoms with E-state index in [-0.39, 0.29) is 10.7 Å². The Morgan fingerprint density at radius 2 is 1.64 bits per heavy atom. The molecule has 22 heavy (non-hydrogen) atoms. The van der Waals surface area contributed by atoms with Crippen molar-refractivity contribution in [3.8, 4) is 0 Å². The summed E-state index contributed by atoms with van der Waals surface area (Å²) >= 11 is 0. The number of nitrogens with zero attached hydrogens (tertiary/aromatic N) is 2. The van der Waals surface area contributed by atoms with Crippen LogP contribution in [0.4, 0.5) is 11.6 Å². The lowest BCUT2D eigenvalue weighted by Gasteiger charge is -2.09. The molecule has 2 rings (SSSR count). The van der Waals surface area contributed by atoms with Crippen molar-refractivity contribution in [1.29, 1.82) is 0 Å². The maximum absolute atomic E-state index is 12.1. The number of nitrogens with one attached hydrogen (secondary N) is 2. The van der Waals surface area contributed by atoms with E-state index in [2.05, 4.69) is 34.1 Å². The second-order valence-electron chi connectivity index (χ2n) is 5.33. The number of hydrogen-bond acceptors (Lipinski definition) is 5. The first-order chi connectivity index (χ1) is 10.5. The number of rotatable bonds is 7. The second-order valence-corrected chi connectivity index (χ2v) is 7.01. The Kier molecular flexibility index (Phi) is 5.32. The number of anilines is 2. The molecule has 2 N–H and O–H groups in total. The van der Waals surface area contributed by atoms with Crippen LogP contribution in [-0.4, -0.2) is 25.2 Å². The van der Waals surface area contributed by atoms with Crippen molar-refractivity contribution >= 4 is 21.7 Å². The zero-order valence-electron chi connectivity index (χ0n) is 12.7. The zero-order chi connectivity index (χ0) is 16.0. The molecule has 0 unspecified atom stereocenters. The van der Waals surface area contributed by atoms with Gasteiger partial charge in [0.1, 0.15) is 5.82 Å². The monoisotopic (exact) mass is 320 g/mol. The largest absolute Gasteiger partial charge is 0.369 e. The van der Waals surface area contributed by atoms with Gasteiger partial charge in [0, 0.05) is 6.54 Å². The summed E-state index contributed by atoms with van der Waals surface area (Å²) in [6, 6.07) is 11.4. The van der Waals surface area contributed by atoms with Gasteiger partial charge in [-0.25, -0.2) is 8.42 Å². The molecule has 7 heteroatoms. The molecule has 2 aromatic rings. The number of benzene rings is 1. The molecule has 0 radical (unpaired) electrons. The molecule has 0 bridgehead atoms. The topological polar surface area (TPSA) is 84.0 Å². The van der Waals surface area contributed by atoms with E-state index in [1.54, 1.807) is 30.3 Å². The summed E-state index contributed by atoms with van der Waals surface area (Å²) in [4.78, 5) is 0.191. The normalized spacial score (nSPS) is 11.4. The van der Waals surface area contributed by atoms with E-state index >= 15 is 0 Å². The fourth-order valence-electron chi connectivity index (χ4n) is 1.77. The van der Waals surface area contributed by atoms with Crippen LogP contribution in [0.15, 0.2) is 47.4 Å². The van der Waals surface area contributed by atoms with Gasteiger partial charge in [0.2, 0.25) is 0 Å². The summed E-state index contributed by atoms with van der Waals surface area (Å²) in [5.74, 6) is 1.43. The first-order valence-electron chi connectivity index (χ1n) is 7.13. The highest BCUT2D eigenvalue weighted by Gasteiger charge is 2.14. The molecule has 0 spiro atoms. The molecule has 1 aromatic carbocycles. The summed E-state index contributed by atoms with van der Waals surface area (Å²) in [5, 5.41) is 11.0. The molecule has 0 atom stereocenters. The highest BCUT2D eigenvalue weighted by atomic mass is 32.2. The van der Waals surface area contributed by atoms with Gasteiger partial charge in [-0.1, -0.05) is 32.0 Å². The molecule has 1 heterocycles. The third kappa shape index (κ3) is 4.70.